The summed E-state index contributed by atoms with van der Waals surface area (Å²) in [4.78, 5) is 26.1. The predicted molar refractivity (Wildman–Crippen MR) is 131 cm³/mol. The molecule has 0 spiro atoms. The predicted octanol–water partition coefficient (Wildman–Crippen LogP) is 4.65. The van der Waals surface area contributed by atoms with Gasteiger partial charge < -0.3 is 14.5 Å². The average Bonchev–Trinajstić information content (AvgIpc) is 3.34. The lowest BCUT2D eigenvalue weighted by molar-refractivity contribution is -0.137. The molecule has 1 unspecified atom stereocenters. The SMILES string of the molecule is CCn1cc(-c2cc3c(=NC(C)c4cccc(C(F)(F)F)c4)nc(C)nc-3n3c2NCC3)ccc1=O. The second-order valence-electron chi connectivity index (χ2n) is 8.79. The molecule has 0 fully saturated rings. The number of benzene rings is 1. The molecule has 2 aromatic rings. The van der Waals surface area contributed by atoms with Gasteiger partial charge in [0.05, 0.1) is 17.2 Å². The Morgan fingerprint density at radius 3 is 2.69 bits per heavy atom. The summed E-state index contributed by atoms with van der Waals surface area (Å²) in [6.45, 7) is 7.38. The minimum absolute atomic E-state index is 0.0798. The van der Waals surface area contributed by atoms with Crippen molar-refractivity contribution in [2.24, 2.45) is 4.99 Å². The Morgan fingerprint density at radius 1 is 1.14 bits per heavy atom. The Kier molecular flexibility index (Phi) is 5.89. The van der Waals surface area contributed by atoms with Crippen LogP contribution < -0.4 is 16.4 Å². The number of nitrogens with zero attached hydrogens (tertiary/aromatic N) is 5. The third kappa shape index (κ3) is 4.27. The highest BCUT2D eigenvalue weighted by Gasteiger charge is 2.31. The first-order chi connectivity index (χ1) is 17.2. The van der Waals surface area contributed by atoms with Crippen molar-refractivity contribution in [2.45, 2.75) is 46.1 Å². The third-order valence-corrected chi connectivity index (χ3v) is 6.36. The van der Waals surface area contributed by atoms with Crippen molar-refractivity contribution < 1.29 is 13.2 Å². The van der Waals surface area contributed by atoms with Crippen molar-refractivity contribution in [3.05, 3.63) is 81.5 Å². The van der Waals surface area contributed by atoms with Crippen LogP contribution in [0.2, 0.25) is 0 Å². The number of hydrogen-bond donors (Lipinski definition) is 1. The number of rotatable bonds is 4. The Hall–Kier alpha value is -3.95. The summed E-state index contributed by atoms with van der Waals surface area (Å²) < 4.78 is 43.5. The first-order valence-corrected chi connectivity index (χ1v) is 11.7. The molecule has 0 bridgehead atoms. The van der Waals surface area contributed by atoms with Gasteiger partial charge in [0.25, 0.3) is 5.56 Å². The van der Waals surface area contributed by atoms with Crippen molar-refractivity contribution in [2.75, 3.05) is 11.9 Å². The van der Waals surface area contributed by atoms with Gasteiger partial charge in [-0.05, 0) is 50.6 Å². The van der Waals surface area contributed by atoms with E-state index in [1.165, 1.54) is 6.07 Å². The fourth-order valence-corrected chi connectivity index (χ4v) is 4.53. The van der Waals surface area contributed by atoms with Gasteiger partial charge in [-0.3, -0.25) is 9.79 Å². The van der Waals surface area contributed by atoms with Gasteiger partial charge in [-0.2, -0.15) is 13.2 Å². The molecule has 1 atom stereocenters. The van der Waals surface area contributed by atoms with Crippen molar-refractivity contribution in [3.63, 3.8) is 0 Å². The van der Waals surface area contributed by atoms with Crippen LogP contribution in [0.15, 0.2) is 58.4 Å². The fourth-order valence-electron chi connectivity index (χ4n) is 4.53. The highest BCUT2D eigenvalue weighted by Crippen LogP contribution is 2.36. The van der Waals surface area contributed by atoms with E-state index in [1.54, 1.807) is 36.6 Å². The van der Waals surface area contributed by atoms with Crippen molar-refractivity contribution in [1.29, 1.82) is 0 Å². The smallest absolute Gasteiger partial charge is 0.369 e. The second kappa shape index (κ2) is 8.92. The molecule has 3 aliphatic rings. The van der Waals surface area contributed by atoms with E-state index in [9.17, 15) is 18.0 Å². The van der Waals surface area contributed by atoms with Crippen LogP contribution in [0.5, 0.6) is 0 Å². The van der Waals surface area contributed by atoms with Gasteiger partial charge in [0.2, 0.25) is 0 Å². The van der Waals surface area contributed by atoms with Crippen molar-refractivity contribution in [1.82, 2.24) is 19.1 Å². The summed E-state index contributed by atoms with van der Waals surface area (Å²) in [7, 11) is 0. The number of alkyl halides is 3. The average molecular weight is 495 g/mol. The first-order valence-electron chi connectivity index (χ1n) is 11.7. The van der Waals surface area contributed by atoms with Gasteiger partial charge in [0, 0.05) is 43.0 Å². The van der Waals surface area contributed by atoms with E-state index < -0.39 is 17.8 Å². The van der Waals surface area contributed by atoms with Crippen LogP contribution in [0.1, 0.15) is 36.8 Å². The lowest BCUT2D eigenvalue weighted by Crippen LogP contribution is -2.21. The number of aryl methyl sites for hydroxylation is 2. The molecule has 0 saturated carbocycles. The standard InChI is InChI=1S/C26H25F3N6O/c1-4-34-14-18(8-9-22(34)36)20-13-21-23(32-16(3)33-25(21)35-11-10-30-24(20)35)31-15(2)17-6-5-7-19(12-17)26(27,28)29/h5-9,12-15,30H,4,10-11H2,1-3H3. The van der Waals surface area contributed by atoms with Gasteiger partial charge in [-0.15, -0.1) is 0 Å². The van der Waals surface area contributed by atoms with Gasteiger partial charge in [0.15, 0.2) is 5.49 Å². The Balaban J connectivity index is 1.71. The van der Waals surface area contributed by atoms with E-state index >= 15 is 0 Å². The van der Waals surface area contributed by atoms with Gasteiger partial charge >= 0.3 is 6.18 Å². The number of hydrogen-bond acceptors (Lipinski definition) is 5. The Morgan fingerprint density at radius 2 is 1.94 bits per heavy atom. The van der Waals surface area contributed by atoms with E-state index in [1.807, 2.05) is 19.2 Å². The number of fused-ring (bicyclic) bond motifs is 3. The van der Waals surface area contributed by atoms with Crippen molar-refractivity contribution >= 4 is 5.82 Å². The molecule has 3 aliphatic heterocycles. The Labute approximate surface area is 205 Å². The van der Waals surface area contributed by atoms with Crippen LogP contribution in [-0.2, 0) is 19.3 Å². The van der Waals surface area contributed by atoms with E-state index in [0.717, 1.165) is 35.6 Å². The van der Waals surface area contributed by atoms with Gasteiger partial charge in [-0.25, -0.2) is 9.97 Å². The van der Waals surface area contributed by atoms with Crippen LogP contribution in [0.4, 0.5) is 19.0 Å². The topological polar surface area (TPSA) is 77.1 Å². The number of halogens is 3. The summed E-state index contributed by atoms with van der Waals surface area (Å²) in [6, 6.07) is 9.91. The zero-order chi connectivity index (χ0) is 25.6. The van der Waals surface area contributed by atoms with Crippen LogP contribution >= 0.6 is 0 Å². The minimum Gasteiger partial charge on any atom is -0.369 e. The minimum atomic E-state index is -4.43. The molecule has 0 aliphatic carbocycles. The van der Waals surface area contributed by atoms with E-state index in [-0.39, 0.29) is 5.56 Å². The first kappa shape index (κ1) is 23.8. The molecule has 5 rings (SSSR count). The maximum Gasteiger partial charge on any atom is 0.416 e. The Bertz CT molecular complexity index is 1550. The largest absolute Gasteiger partial charge is 0.416 e. The van der Waals surface area contributed by atoms with Crippen LogP contribution in [0, 0.1) is 6.92 Å². The number of nitrogens with one attached hydrogen (secondary N) is 1. The summed E-state index contributed by atoms with van der Waals surface area (Å²) in [6.07, 6.45) is -2.61. The lowest BCUT2D eigenvalue weighted by atomic mass is 10.0. The molecular weight excluding hydrogens is 469 g/mol. The highest BCUT2D eigenvalue weighted by atomic mass is 19.4. The molecule has 186 valence electrons. The fraction of sp³-hybridized carbons (Fsp3) is 0.308. The van der Waals surface area contributed by atoms with Crippen LogP contribution in [0.25, 0.3) is 22.5 Å². The van der Waals surface area contributed by atoms with E-state index in [2.05, 4.69) is 19.9 Å². The molecule has 36 heavy (non-hydrogen) atoms. The molecule has 0 amide bonds. The van der Waals surface area contributed by atoms with Crippen molar-refractivity contribution in [3.8, 4) is 22.5 Å². The maximum atomic E-state index is 13.2. The summed E-state index contributed by atoms with van der Waals surface area (Å²) in [5.41, 5.74) is 2.49. The quantitative estimate of drug-likeness (QED) is 0.448. The number of anilines is 1. The molecule has 7 nitrogen and oxygen atoms in total. The van der Waals surface area contributed by atoms with Crippen LogP contribution in [-0.4, -0.2) is 25.6 Å². The summed E-state index contributed by atoms with van der Waals surface area (Å²) in [5.74, 6) is 2.11. The molecule has 1 aromatic carbocycles. The monoisotopic (exact) mass is 494 g/mol. The third-order valence-electron chi connectivity index (χ3n) is 6.36. The molecule has 4 heterocycles. The summed E-state index contributed by atoms with van der Waals surface area (Å²) in [5, 5.41) is 3.42. The summed E-state index contributed by atoms with van der Waals surface area (Å²) >= 11 is 0. The number of aromatic nitrogens is 4. The zero-order valence-electron chi connectivity index (χ0n) is 20.1. The lowest BCUT2D eigenvalue weighted by Gasteiger charge is -2.19. The maximum absolute atomic E-state index is 13.2. The second-order valence-corrected chi connectivity index (χ2v) is 8.79. The highest BCUT2D eigenvalue weighted by molar-refractivity contribution is 5.81. The van der Waals surface area contributed by atoms with Crippen LogP contribution in [0.3, 0.4) is 0 Å². The number of pyridine rings is 2. The molecule has 0 saturated heterocycles. The molecule has 10 heteroatoms. The van der Waals surface area contributed by atoms with Gasteiger partial charge in [0.1, 0.15) is 17.5 Å². The molecular formula is C26H25F3N6O. The molecule has 1 N–H and O–H groups in total. The van der Waals surface area contributed by atoms with Gasteiger partial charge in [-0.1, -0.05) is 12.1 Å². The van der Waals surface area contributed by atoms with E-state index in [4.69, 9.17) is 4.99 Å². The van der Waals surface area contributed by atoms with E-state index in [0.29, 0.717) is 41.4 Å². The zero-order valence-corrected chi connectivity index (χ0v) is 20.1. The molecule has 1 aromatic heterocycles. The normalized spacial score (nSPS) is 14.7. The molecule has 0 radical (unpaired) electrons.